The third-order valence-electron chi connectivity index (χ3n) is 7.16. The van der Waals surface area contributed by atoms with Gasteiger partial charge in [0.2, 0.25) is 5.91 Å². The summed E-state index contributed by atoms with van der Waals surface area (Å²) in [7, 11) is 0. The van der Waals surface area contributed by atoms with Crippen LogP contribution in [-0.4, -0.2) is 76.1 Å². The Hall–Kier alpha value is -4.36. The van der Waals surface area contributed by atoms with Gasteiger partial charge in [-0.1, -0.05) is 13.8 Å². The van der Waals surface area contributed by atoms with E-state index < -0.39 is 11.2 Å². The van der Waals surface area contributed by atoms with Gasteiger partial charge in [0.25, 0.3) is 5.56 Å². The molecule has 0 aliphatic rings. The van der Waals surface area contributed by atoms with Crippen molar-refractivity contribution in [3.8, 4) is 5.75 Å². The van der Waals surface area contributed by atoms with Crippen LogP contribution >= 0.6 is 0 Å². The van der Waals surface area contributed by atoms with Gasteiger partial charge in [-0.3, -0.25) is 23.6 Å². The number of likely N-dealkylation sites (N-methyl/N-ethyl adjacent to an activating group) is 1. The van der Waals surface area contributed by atoms with Crippen LogP contribution in [0.25, 0.3) is 11.2 Å². The van der Waals surface area contributed by atoms with Crippen molar-refractivity contribution in [1.82, 2.24) is 33.8 Å². The molecule has 3 aromatic heterocycles. The van der Waals surface area contributed by atoms with Gasteiger partial charge in [0.1, 0.15) is 11.6 Å². The maximum Gasteiger partial charge on any atom is 0.332 e. The molecular formula is C29H38N8O5. The first-order valence-electron chi connectivity index (χ1n) is 14.2. The molecule has 0 radical (unpaired) electrons. The molecule has 0 fully saturated rings. The number of rotatable bonds is 14. The minimum absolute atomic E-state index is 0.0207. The molecule has 3 heterocycles. The molecule has 4 aromatic rings. The number of benzene rings is 1. The smallest absolute Gasteiger partial charge is 0.332 e. The van der Waals surface area contributed by atoms with E-state index in [1.165, 1.54) is 22.1 Å². The molecule has 1 aromatic carbocycles. The standard InChI is InChI=1S/C29H38N8O5/c1-4-11-37-28(41)26-27(36(29(37)42)12-9-22-18-23(32-20(3)39)6-7-24(22)40)33-25(17-21-8-10-30-31-19-21)35(26)14-13-34(5-2)15-16-38/h6-8,10,18-19,38,40H,4-5,9,11-17H2,1-3H3,(H,32,39). The molecule has 0 aliphatic heterocycles. The lowest BCUT2D eigenvalue weighted by atomic mass is 10.1. The summed E-state index contributed by atoms with van der Waals surface area (Å²) in [6.07, 6.45) is 4.45. The second-order valence-corrected chi connectivity index (χ2v) is 10.1. The summed E-state index contributed by atoms with van der Waals surface area (Å²) in [4.78, 5) is 46.0. The Labute approximate surface area is 243 Å². The molecule has 42 heavy (non-hydrogen) atoms. The second-order valence-electron chi connectivity index (χ2n) is 10.1. The van der Waals surface area contributed by atoms with Crippen LogP contribution in [0.1, 0.15) is 44.1 Å². The third kappa shape index (κ3) is 6.92. The van der Waals surface area contributed by atoms with Crippen LogP contribution in [0.15, 0.2) is 46.2 Å². The summed E-state index contributed by atoms with van der Waals surface area (Å²) in [5.74, 6) is 0.405. The Kier molecular flexibility index (Phi) is 10.2. The summed E-state index contributed by atoms with van der Waals surface area (Å²) in [6.45, 7) is 7.95. The van der Waals surface area contributed by atoms with Crippen molar-refractivity contribution in [2.75, 3.05) is 31.6 Å². The lowest BCUT2D eigenvalue weighted by Gasteiger charge is -2.20. The topological polar surface area (TPSA) is 160 Å². The van der Waals surface area contributed by atoms with E-state index in [1.54, 1.807) is 24.5 Å². The highest BCUT2D eigenvalue weighted by Crippen LogP contribution is 2.23. The van der Waals surface area contributed by atoms with E-state index in [9.17, 15) is 24.6 Å². The predicted molar refractivity (Wildman–Crippen MR) is 159 cm³/mol. The number of nitrogens with zero attached hydrogens (tertiary/aromatic N) is 7. The van der Waals surface area contributed by atoms with Gasteiger partial charge in [0.05, 0.1) is 12.8 Å². The number of aliphatic hydroxyl groups is 1. The number of aromatic nitrogens is 6. The molecule has 0 saturated carbocycles. The number of fused-ring (bicyclic) bond motifs is 1. The maximum atomic E-state index is 13.8. The van der Waals surface area contributed by atoms with Gasteiger partial charge < -0.3 is 20.1 Å². The number of amides is 1. The Morgan fingerprint density at radius 2 is 1.83 bits per heavy atom. The van der Waals surface area contributed by atoms with Gasteiger partial charge in [0, 0.05) is 58.0 Å². The van der Waals surface area contributed by atoms with Crippen LogP contribution in [0.4, 0.5) is 5.69 Å². The number of carbonyl (C=O) groups excluding carboxylic acids is 1. The van der Waals surface area contributed by atoms with E-state index in [0.717, 1.165) is 12.1 Å². The number of carbonyl (C=O) groups is 1. The number of hydrogen-bond donors (Lipinski definition) is 3. The number of phenolic OH excluding ortho intramolecular Hbond substituents is 1. The SMILES string of the molecule is CCCn1c(=O)c2c(nc(Cc3ccnnc3)n2CCN(CC)CCO)n(CCc2cc(NC(C)=O)ccc2O)c1=O. The molecule has 0 saturated heterocycles. The van der Waals surface area contributed by atoms with Crippen LogP contribution < -0.4 is 16.6 Å². The molecule has 0 atom stereocenters. The van der Waals surface area contributed by atoms with Gasteiger partial charge >= 0.3 is 5.69 Å². The molecule has 224 valence electrons. The van der Waals surface area contributed by atoms with Crippen molar-refractivity contribution in [2.24, 2.45) is 0 Å². The van der Waals surface area contributed by atoms with Crippen LogP contribution in [0.2, 0.25) is 0 Å². The fourth-order valence-corrected chi connectivity index (χ4v) is 5.05. The number of aryl methyl sites for hydroxylation is 2. The Balaban J connectivity index is 1.84. The Bertz CT molecular complexity index is 1640. The van der Waals surface area contributed by atoms with E-state index in [4.69, 9.17) is 4.98 Å². The Morgan fingerprint density at radius 1 is 1.02 bits per heavy atom. The van der Waals surface area contributed by atoms with Crippen molar-refractivity contribution in [1.29, 1.82) is 0 Å². The number of aromatic hydroxyl groups is 1. The van der Waals surface area contributed by atoms with Gasteiger partial charge in [-0.05, 0) is 54.8 Å². The average Bonchev–Trinajstić information content (AvgIpc) is 3.32. The number of hydrogen-bond acceptors (Lipinski definition) is 9. The van der Waals surface area contributed by atoms with Crippen molar-refractivity contribution in [3.05, 3.63) is 74.4 Å². The van der Waals surface area contributed by atoms with Crippen LogP contribution in [-0.2, 0) is 37.3 Å². The quantitative estimate of drug-likeness (QED) is 0.188. The van der Waals surface area contributed by atoms with E-state index in [0.29, 0.717) is 55.1 Å². The van der Waals surface area contributed by atoms with Crippen molar-refractivity contribution >= 4 is 22.8 Å². The highest BCUT2D eigenvalue weighted by atomic mass is 16.3. The first-order chi connectivity index (χ1) is 20.3. The molecule has 13 nitrogen and oxygen atoms in total. The zero-order chi connectivity index (χ0) is 30.2. The van der Waals surface area contributed by atoms with E-state index in [2.05, 4.69) is 20.4 Å². The van der Waals surface area contributed by atoms with E-state index >= 15 is 0 Å². The van der Waals surface area contributed by atoms with Crippen LogP contribution in [0.5, 0.6) is 5.75 Å². The van der Waals surface area contributed by atoms with Gasteiger partial charge in [-0.25, -0.2) is 9.78 Å². The van der Waals surface area contributed by atoms with Gasteiger partial charge in [-0.15, -0.1) is 0 Å². The first-order valence-corrected chi connectivity index (χ1v) is 14.2. The largest absolute Gasteiger partial charge is 0.508 e. The fourth-order valence-electron chi connectivity index (χ4n) is 5.05. The molecule has 0 bridgehead atoms. The molecule has 1 amide bonds. The molecule has 13 heteroatoms. The summed E-state index contributed by atoms with van der Waals surface area (Å²) in [5, 5.41) is 30.5. The van der Waals surface area contributed by atoms with E-state index in [-0.39, 0.29) is 43.4 Å². The number of nitrogens with one attached hydrogen (secondary N) is 1. The summed E-state index contributed by atoms with van der Waals surface area (Å²) in [6, 6.07) is 6.60. The lowest BCUT2D eigenvalue weighted by Crippen LogP contribution is -2.41. The van der Waals surface area contributed by atoms with Crippen LogP contribution in [0, 0.1) is 0 Å². The predicted octanol–water partition coefficient (Wildman–Crippen LogP) is 1.37. The highest BCUT2D eigenvalue weighted by molar-refractivity contribution is 5.88. The summed E-state index contributed by atoms with van der Waals surface area (Å²) >= 11 is 0. The number of phenols is 1. The minimum atomic E-state index is -0.468. The Morgan fingerprint density at radius 3 is 2.50 bits per heavy atom. The zero-order valence-corrected chi connectivity index (χ0v) is 24.3. The lowest BCUT2D eigenvalue weighted by molar-refractivity contribution is -0.114. The second kappa shape index (κ2) is 14.0. The minimum Gasteiger partial charge on any atom is -0.508 e. The fraction of sp³-hybridized carbons (Fsp3) is 0.448. The maximum absolute atomic E-state index is 13.8. The first kappa shape index (κ1) is 30.6. The van der Waals surface area contributed by atoms with E-state index in [1.807, 2.05) is 24.5 Å². The van der Waals surface area contributed by atoms with Crippen molar-refractivity contribution < 1.29 is 15.0 Å². The number of aliphatic hydroxyl groups excluding tert-OH is 1. The molecule has 0 spiro atoms. The number of imidazole rings is 1. The van der Waals surface area contributed by atoms with Crippen LogP contribution in [0.3, 0.4) is 0 Å². The monoisotopic (exact) mass is 578 g/mol. The molecule has 3 N–H and O–H groups in total. The zero-order valence-electron chi connectivity index (χ0n) is 24.3. The van der Waals surface area contributed by atoms with Gasteiger partial charge in [0.15, 0.2) is 11.2 Å². The van der Waals surface area contributed by atoms with Crippen molar-refractivity contribution in [2.45, 2.75) is 59.7 Å². The molecule has 4 rings (SSSR count). The normalized spacial score (nSPS) is 11.5. The molecular weight excluding hydrogens is 540 g/mol. The molecule has 0 unspecified atom stereocenters. The molecule has 0 aliphatic carbocycles. The van der Waals surface area contributed by atoms with Crippen molar-refractivity contribution in [3.63, 3.8) is 0 Å². The highest BCUT2D eigenvalue weighted by Gasteiger charge is 2.22. The summed E-state index contributed by atoms with van der Waals surface area (Å²) in [5.41, 5.74) is 1.66. The average molecular weight is 579 g/mol. The third-order valence-corrected chi connectivity index (χ3v) is 7.16. The summed E-state index contributed by atoms with van der Waals surface area (Å²) < 4.78 is 4.61. The number of anilines is 1. The van der Waals surface area contributed by atoms with Gasteiger partial charge in [-0.2, -0.15) is 10.2 Å².